The SMILES string of the molecule is C.C.C.C.C.C.CCC(C)(C)C(=O)OC1CC2CC1C1C3CC(CC3C(=O)OCOC3C4CC5CC(C4)CC3C5)C21.CCC(C)(C)C(=O)OC1CC2CC1C1C3CC(CC3C(=O)OCOC3CC4CCC3C4)C21.CCC(C)(C)C(=O)OC1CC2CC1C1C3CC(CC3C(=O)OCOCC3CC4CCC3C4)C21. The summed E-state index contributed by atoms with van der Waals surface area (Å²) in [6, 6.07) is 0. The van der Waals surface area contributed by atoms with Gasteiger partial charge in [0.1, 0.15) is 18.3 Å². The molecule has 15 heteroatoms. The Labute approximate surface area is 642 Å². The molecule has 30 atom stereocenters. The predicted molar refractivity (Wildman–Crippen MR) is 411 cm³/mol. The summed E-state index contributed by atoms with van der Waals surface area (Å²) in [5.74, 6) is 17.5. The second-order valence-corrected chi connectivity index (χ2v) is 40.2. The third-order valence-electron chi connectivity index (χ3n) is 34.5. The van der Waals surface area contributed by atoms with Crippen LogP contribution in [-0.2, 0) is 71.4 Å². The second kappa shape index (κ2) is 32.3. The Bertz CT molecular complexity index is 3050. The van der Waals surface area contributed by atoms with E-state index in [0.29, 0.717) is 125 Å². The van der Waals surface area contributed by atoms with Crippen LogP contribution in [-0.4, -0.2) is 93.3 Å². The molecule has 20 aliphatic rings. The molecule has 0 N–H and O–H groups in total. The molecule has 30 unspecified atom stereocenters. The standard InChI is InChI=1S/C30H44O5.C28H42O5.C27H40O5.6CH4/c1-4-30(2,3)29(32)35-24-13-18-12-23(24)26-21-10-17(25(18)26)11-22(21)28(31)34-14-33-27-19-6-15-5-16(8-19)9-20(27)7-15;1-4-28(2,3)27(30)33-23-12-18-11-22(23)25-20-9-17(24(18)25)10-21(20)26(29)32-14-31-13-19-8-15-5-6-16(19)7-15;1-4-27(2,3)26(29)32-22-12-17-11-20(22)24-18-9-16(23(17)24)10-19(18)25(28)31-13-30-21-8-14-5-6-15(21)7-14;;;;;;/h15-27H,4-14H2,1-3H3;15-25H,4-14H2,1-3H3;14-24H,4-13H2,1-3H3;6*1H4. The fourth-order valence-corrected chi connectivity index (χ4v) is 29.3. The summed E-state index contributed by atoms with van der Waals surface area (Å²) >= 11 is 0. The van der Waals surface area contributed by atoms with Crippen molar-refractivity contribution in [2.24, 2.45) is 194 Å². The molecule has 0 radical (unpaired) electrons. The van der Waals surface area contributed by atoms with Gasteiger partial charge in [-0.1, -0.05) is 71.8 Å². The molecule has 20 aliphatic carbocycles. The highest BCUT2D eigenvalue weighted by atomic mass is 16.7. The van der Waals surface area contributed by atoms with Gasteiger partial charge in [0.25, 0.3) is 0 Å². The van der Waals surface area contributed by atoms with E-state index < -0.39 is 16.2 Å². The van der Waals surface area contributed by atoms with Gasteiger partial charge in [0.2, 0.25) is 0 Å². The van der Waals surface area contributed by atoms with Gasteiger partial charge in [0.05, 0.1) is 52.8 Å². The Morgan fingerprint density at radius 2 is 0.642 bits per heavy atom. The third kappa shape index (κ3) is 14.7. The number of hydrogen-bond donors (Lipinski definition) is 0. The topological polar surface area (TPSA) is 185 Å². The highest BCUT2D eigenvalue weighted by molar-refractivity contribution is 5.78. The Morgan fingerprint density at radius 1 is 0.302 bits per heavy atom. The van der Waals surface area contributed by atoms with Crippen LogP contribution >= 0.6 is 0 Å². The van der Waals surface area contributed by atoms with E-state index in [1.807, 2.05) is 55.4 Å². The fourth-order valence-electron chi connectivity index (χ4n) is 29.3. The van der Waals surface area contributed by atoms with E-state index in [-0.39, 0.29) is 137 Å². The maximum absolute atomic E-state index is 13.2. The number of rotatable bonds is 22. The van der Waals surface area contributed by atoms with Crippen LogP contribution in [0.5, 0.6) is 0 Å². The Morgan fingerprint density at radius 3 is 0.991 bits per heavy atom. The maximum atomic E-state index is 13.2. The maximum Gasteiger partial charge on any atom is 0.311 e. The van der Waals surface area contributed by atoms with Crippen molar-refractivity contribution in [3.05, 3.63) is 0 Å². The fraction of sp³-hybridized carbons (Fsp3) is 0.934. The average molecular weight is 1480 g/mol. The summed E-state index contributed by atoms with van der Waals surface area (Å²) in [6.45, 7) is 19.2. The van der Waals surface area contributed by atoms with Gasteiger partial charge in [-0.15, -0.1) is 0 Å². The van der Waals surface area contributed by atoms with Gasteiger partial charge in [-0.25, -0.2) is 0 Å². The summed E-state index contributed by atoms with van der Waals surface area (Å²) < 4.78 is 53.5. The van der Waals surface area contributed by atoms with Crippen LogP contribution < -0.4 is 0 Å². The van der Waals surface area contributed by atoms with Crippen LogP contribution in [0.1, 0.15) is 287 Å². The molecule has 604 valence electrons. The van der Waals surface area contributed by atoms with Crippen LogP contribution in [0.4, 0.5) is 0 Å². The van der Waals surface area contributed by atoms with Crippen molar-refractivity contribution in [2.45, 2.75) is 317 Å². The molecule has 20 bridgehead atoms. The molecule has 0 spiro atoms. The van der Waals surface area contributed by atoms with Crippen LogP contribution in [0, 0.1) is 194 Å². The van der Waals surface area contributed by atoms with Crippen LogP contribution in [0.25, 0.3) is 0 Å². The van der Waals surface area contributed by atoms with Gasteiger partial charge >= 0.3 is 35.8 Å². The van der Waals surface area contributed by atoms with Crippen LogP contribution in [0.15, 0.2) is 0 Å². The quantitative estimate of drug-likeness (QED) is 0.0327. The van der Waals surface area contributed by atoms with Crippen molar-refractivity contribution >= 4 is 35.8 Å². The molecule has 15 nitrogen and oxygen atoms in total. The lowest BCUT2D eigenvalue weighted by molar-refractivity contribution is -0.192. The van der Waals surface area contributed by atoms with E-state index >= 15 is 0 Å². The number of fused-ring (bicyclic) bond motifs is 31. The normalized spacial score (nSPS) is 45.7. The largest absolute Gasteiger partial charge is 0.462 e. The lowest BCUT2D eigenvalue weighted by atomic mass is 9.55. The van der Waals surface area contributed by atoms with Crippen molar-refractivity contribution in [1.82, 2.24) is 0 Å². The lowest BCUT2D eigenvalue weighted by Crippen LogP contribution is -2.49. The molecule has 0 aromatic heterocycles. The van der Waals surface area contributed by atoms with Crippen molar-refractivity contribution in [3.63, 3.8) is 0 Å². The molecule has 0 aromatic rings. The van der Waals surface area contributed by atoms with Gasteiger partial charge in [-0.3, -0.25) is 28.8 Å². The van der Waals surface area contributed by atoms with Gasteiger partial charge in [0.15, 0.2) is 20.4 Å². The van der Waals surface area contributed by atoms with E-state index in [1.54, 1.807) is 0 Å². The second-order valence-electron chi connectivity index (χ2n) is 40.2. The summed E-state index contributed by atoms with van der Waals surface area (Å²) in [5.41, 5.74) is -1.25. The number of esters is 6. The van der Waals surface area contributed by atoms with Gasteiger partial charge < -0.3 is 42.6 Å². The Balaban J connectivity index is 0.000000154. The summed E-state index contributed by atoms with van der Waals surface area (Å²) in [7, 11) is 0. The minimum atomic E-state index is -0.417. The molecule has 0 aromatic carbocycles. The van der Waals surface area contributed by atoms with Crippen molar-refractivity contribution in [2.75, 3.05) is 27.0 Å². The zero-order chi connectivity index (χ0) is 69.2. The first kappa shape index (κ1) is 83.6. The molecule has 20 saturated carbocycles. The van der Waals surface area contributed by atoms with Crippen LogP contribution in [0.2, 0.25) is 0 Å². The third-order valence-corrected chi connectivity index (χ3v) is 34.5. The number of carbonyl (C=O) groups excluding carboxylic acids is 6. The van der Waals surface area contributed by atoms with Gasteiger partial charge in [-0.05, 0) is 375 Å². The minimum Gasteiger partial charge on any atom is -0.462 e. The highest BCUT2D eigenvalue weighted by Crippen LogP contribution is 2.73. The molecular weight excluding hydrogens is 1330 g/mol. The monoisotopic (exact) mass is 1480 g/mol. The first-order valence-electron chi connectivity index (χ1n) is 42.0. The van der Waals surface area contributed by atoms with E-state index in [1.165, 1.54) is 103 Å². The molecule has 0 saturated heterocycles. The predicted octanol–water partition coefficient (Wildman–Crippen LogP) is 19.6. The molecule has 0 amide bonds. The minimum absolute atomic E-state index is 0. The highest BCUT2D eigenvalue weighted by Gasteiger charge is 2.70. The molecule has 0 aliphatic heterocycles. The lowest BCUT2D eigenvalue weighted by Gasteiger charge is -2.53. The van der Waals surface area contributed by atoms with Gasteiger partial charge in [-0.2, -0.15) is 0 Å². The smallest absolute Gasteiger partial charge is 0.311 e. The zero-order valence-corrected chi connectivity index (χ0v) is 62.5. The summed E-state index contributed by atoms with van der Waals surface area (Å²) in [5, 5.41) is 0. The van der Waals surface area contributed by atoms with Crippen molar-refractivity contribution in [1.29, 1.82) is 0 Å². The van der Waals surface area contributed by atoms with E-state index in [9.17, 15) is 28.8 Å². The first-order chi connectivity index (χ1) is 48.0. The Hall–Kier alpha value is -3.30. The Kier molecular flexibility index (Phi) is 25.5. The number of ether oxygens (including phenoxy) is 9. The number of carbonyl (C=O) groups is 6. The summed E-state index contributed by atoms with van der Waals surface area (Å²) in [6.07, 6.45) is 33.6. The van der Waals surface area contributed by atoms with Gasteiger partial charge in [0, 0.05) is 0 Å². The van der Waals surface area contributed by atoms with E-state index in [0.717, 1.165) is 131 Å². The average Bonchev–Trinajstić information content (AvgIpc) is 1.55. The van der Waals surface area contributed by atoms with E-state index in [2.05, 4.69) is 6.92 Å². The zero-order valence-electron chi connectivity index (χ0n) is 62.5. The molecule has 106 heavy (non-hydrogen) atoms. The van der Waals surface area contributed by atoms with Crippen LogP contribution in [0.3, 0.4) is 0 Å². The van der Waals surface area contributed by atoms with E-state index in [4.69, 9.17) is 42.6 Å². The van der Waals surface area contributed by atoms with Crippen molar-refractivity contribution < 1.29 is 71.4 Å². The number of hydrogen-bond acceptors (Lipinski definition) is 15. The first-order valence-corrected chi connectivity index (χ1v) is 42.0. The molecule has 20 fully saturated rings. The van der Waals surface area contributed by atoms with Crippen molar-refractivity contribution in [3.8, 4) is 0 Å². The molecular formula is C91H150O15. The summed E-state index contributed by atoms with van der Waals surface area (Å²) in [4.78, 5) is 77.4. The molecule has 20 rings (SSSR count). The molecule has 0 heterocycles.